The predicted molar refractivity (Wildman–Crippen MR) is 58.3 cm³/mol. The Morgan fingerprint density at radius 3 is 2.93 bits per heavy atom. The first kappa shape index (κ1) is 9.94. The lowest BCUT2D eigenvalue weighted by Crippen LogP contribution is -2.20. The number of rotatable bonds is 4. The van der Waals surface area contributed by atoms with E-state index in [0.717, 1.165) is 18.2 Å². The molecule has 1 saturated carbocycles. The van der Waals surface area contributed by atoms with E-state index < -0.39 is 0 Å². The average Bonchev–Trinajstić information content (AvgIpc) is 2.87. The highest BCUT2D eigenvalue weighted by Gasteiger charge is 2.22. The molecule has 3 heteroatoms. The van der Waals surface area contributed by atoms with E-state index in [4.69, 9.17) is 11.6 Å². The normalized spacial score (nSPS) is 16.2. The van der Waals surface area contributed by atoms with E-state index in [1.54, 1.807) is 0 Å². The molecule has 1 aliphatic rings. The van der Waals surface area contributed by atoms with Crippen LogP contribution in [-0.2, 0) is 6.54 Å². The van der Waals surface area contributed by atoms with E-state index in [0.29, 0.717) is 5.15 Å². The fourth-order valence-corrected chi connectivity index (χ4v) is 1.80. The molecule has 76 valence electrons. The molecule has 0 saturated heterocycles. The molecular formula is C11H15ClN2. The average molecular weight is 211 g/mol. The smallest absolute Gasteiger partial charge is 0.129 e. The predicted octanol–water partition coefficient (Wildman–Crippen LogP) is 2.58. The molecule has 0 amide bonds. The van der Waals surface area contributed by atoms with Crippen molar-refractivity contribution < 1.29 is 0 Å². The summed E-state index contributed by atoms with van der Waals surface area (Å²) in [5.74, 6) is 0.930. The molecule has 1 heterocycles. The highest BCUT2D eigenvalue weighted by atomic mass is 35.5. The number of halogens is 1. The van der Waals surface area contributed by atoms with E-state index in [9.17, 15) is 0 Å². The van der Waals surface area contributed by atoms with Crippen molar-refractivity contribution in [2.75, 3.05) is 13.6 Å². The molecule has 0 spiro atoms. The number of pyridine rings is 1. The lowest BCUT2D eigenvalue weighted by atomic mass is 10.3. The van der Waals surface area contributed by atoms with E-state index in [1.807, 2.05) is 18.2 Å². The van der Waals surface area contributed by atoms with Crippen LogP contribution in [0.25, 0.3) is 0 Å². The first-order valence-corrected chi connectivity index (χ1v) is 5.42. The van der Waals surface area contributed by atoms with E-state index >= 15 is 0 Å². The minimum Gasteiger partial charge on any atom is -0.300 e. The summed E-state index contributed by atoms with van der Waals surface area (Å²) >= 11 is 5.82. The number of aromatic nitrogens is 1. The van der Waals surface area contributed by atoms with Crippen LogP contribution in [-0.4, -0.2) is 23.5 Å². The second-order valence-corrected chi connectivity index (χ2v) is 4.48. The van der Waals surface area contributed by atoms with Crippen molar-refractivity contribution in [3.63, 3.8) is 0 Å². The van der Waals surface area contributed by atoms with Crippen molar-refractivity contribution >= 4 is 11.6 Å². The van der Waals surface area contributed by atoms with Gasteiger partial charge < -0.3 is 4.90 Å². The van der Waals surface area contributed by atoms with Crippen LogP contribution >= 0.6 is 11.6 Å². The Kier molecular flexibility index (Phi) is 3.04. The van der Waals surface area contributed by atoms with Crippen LogP contribution in [0.5, 0.6) is 0 Å². The second kappa shape index (κ2) is 4.28. The first-order chi connectivity index (χ1) is 6.74. The van der Waals surface area contributed by atoms with E-state index in [-0.39, 0.29) is 0 Å². The molecule has 2 rings (SSSR count). The van der Waals surface area contributed by atoms with Crippen molar-refractivity contribution in [3.8, 4) is 0 Å². The molecule has 0 atom stereocenters. The molecule has 0 bridgehead atoms. The van der Waals surface area contributed by atoms with Gasteiger partial charge in [-0.15, -0.1) is 0 Å². The number of hydrogen-bond donors (Lipinski definition) is 0. The third-order valence-electron chi connectivity index (χ3n) is 2.47. The van der Waals surface area contributed by atoms with Crippen molar-refractivity contribution in [2.45, 2.75) is 19.4 Å². The monoisotopic (exact) mass is 210 g/mol. The minimum absolute atomic E-state index is 0.585. The van der Waals surface area contributed by atoms with Crippen LogP contribution in [0.4, 0.5) is 0 Å². The maximum atomic E-state index is 5.82. The van der Waals surface area contributed by atoms with Gasteiger partial charge in [-0.05, 0) is 37.9 Å². The Hall–Kier alpha value is -0.600. The molecule has 0 aliphatic heterocycles. The van der Waals surface area contributed by atoms with Gasteiger partial charge in [-0.2, -0.15) is 0 Å². The fourth-order valence-electron chi connectivity index (χ4n) is 1.62. The Labute approximate surface area is 89.9 Å². The summed E-state index contributed by atoms with van der Waals surface area (Å²) in [5, 5.41) is 0.585. The first-order valence-electron chi connectivity index (χ1n) is 5.04. The summed E-state index contributed by atoms with van der Waals surface area (Å²) in [6.07, 6.45) is 2.79. The zero-order chi connectivity index (χ0) is 9.97. The summed E-state index contributed by atoms with van der Waals surface area (Å²) in [4.78, 5) is 6.58. The zero-order valence-electron chi connectivity index (χ0n) is 8.41. The summed E-state index contributed by atoms with van der Waals surface area (Å²) < 4.78 is 0. The topological polar surface area (TPSA) is 16.1 Å². The highest BCUT2D eigenvalue weighted by molar-refractivity contribution is 6.29. The van der Waals surface area contributed by atoms with Gasteiger partial charge in [-0.25, -0.2) is 4.98 Å². The van der Waals surface area contributed by atoms with Gasteiger partial charge in [0, 0.05) is 13.1 Å². The van der Waals surface area contributed by atoms with Crippen LogP contribution in [0.3, 0.4) is 0 Å². The molecule has 1 aliphatic carbocycles. The van der Waals surface area contributed by atoms with E-state index in [2.05, 4.69) is 16.9 Å². The Morgan fingerprint density at radius 1 is 1.50 bits per heavy atom. The zero-order valence-corrected chi connectivity index (χ0v) is 9.17. The van der Waals surface area contributed by atoms with Crippen molar-refractivity contribution in [3.05, 3.63) is 29.0 Å². The molecule has 2 nitrogen and oxygen atoms in total. The quantitative estimate of drug-likeness (QED) is 0.711. The molecule has 14 heavy (non-hydrogen) atoms. The van der Waals surface area contributed by atoms with Gasteiger partial charge in [-0.1, -0.05) is 17.7 Å². The molecule has 1 aromatic heterocycles. The van der Waals surface area contributed by atoms with Gasteiger partial charge in [0.15, 0.2) is 0 Å². The summed E-state index contributed by atoms with van der Waals surface area (Å²) in [6, 6.07) is 5.79. The highest BCUT2D eigenvalue weighted by Crippen LogP contribution is 2.29. The largest absolute Gasteiger partial charge is 0.300 e. The Morgan fingerprint density at radius 2 is 2.29 bits per heavy atom. The van der Waals surface area contributed by atoms with Crippen molar-refractivity contribution in [1.29, 1.82) is 0 Å². The van der Waals surface area contributed by atoms with Crippen LogP contribution in [0, 0.1) is 5.92 Å². The summed E-state index contributed by atoms with van der Waals surface area (Å²) in [6.45, 7) is 2.09. The Balaban J connectivity index is 1.88. The van der Waals surface area contributed by atoms with Gasteiger partial charge in [0.05, 0.1) is 5.69 Å². The van der Waals surface area contributed by atoms with E-state index in [1.165, 1.54) is 19.4 Å². The molecule has 1 aromatic rings. The standard InChI is InChI=1S/C11H15ClN2/c1-14(7-9-5-6-9)8-10-3-2-4-11(12)13-10/h2-4,9H,5-8H2,1H3. The van der Waals surface area contributed by atoms with Gasteiger partial charge in [0.25, 0.3) is 0 Å². The van der Waals surface area contributed by atoms with Crippen LogP contribution in [0.1, 0.15) is 18.5 Å². The lowest BCUT2D eigenvalue weighted by Gasteiger charge is -2.15. The van der Waals surface area contributed by atoms with Crippen LogP contribution < -0.4 is 0 Å². The van der Waals surface area contributed by atoms with Crippen molar-refractivity contribution in [2.24, 2.45) is 5.92 Å². The third kappa shape index (κ3) is 2.96. The fraction of sp³-hybridized carbons (Fsp3) is 0.545. The number of nitrogens with zero attached hydrogens (tertiary/aromatic N) is 2. The van der Waals surface area contributed by atoms with Gasteiger partial charge in [0.1, 0.15) is 5.15 Å². The van der Waals surface area contributed by atoms with Crippen LogP contribution in [0.15, 0.2) is 18.2 Å². The third-order valence-corrected chi connectivity index (χ3v) is 2.68. The minimum atomic E-state index is 0.585. The summed E-state index contributed by atoms with van der Waals surface area (Å²) in [5.41, 5.74) is 1.06. The maximum absolute atomic E-state index is 5.82. The molecule has 0 unspecified atom stereocenters. The molecule has 1 fully saturated rings. The molecule has 0 radical (unpaired) electrons. The van der Waals surface area contributed by atoms with Gasteiger partial charge in [-0.3, -0.25) is 0 Å². The molecule has 0 aromatic carbocycles. The Bertz CT molecular complexity index is 310. The lowest BCUT2D eigenvalue weighted by molar-refractivity contribution is 0.309. The maximum Gasteiger partial charge on any atom is 0.129 e. The van der Waals surface area contributed by atoms with Crippen molar-refractivity contribution in [1.82, 2.24) is 9.88 Å². The molecule has 0 N–H and O–H groups in total. The SMILES string of the molecule is CN(Cc1cccc(Cl)n1)CC1CC1. The molecular weight excluding hydrogens is 196 g/mol. The van der Waals surface area contributed by atoms with Gasteiger partial charge in [0.2, 0.25) is 0 Å². The second-order valence-electron chi connectivity index (χ2n) is 4.09. The summed E-state index contributed by atoms with van der Waals surface area (Å²) in [7, 11) is 2.14. The van der Waals surface area contributed by atoms with Crippen LogP contribution in [0.2, 0.25) is 5.15 Å². The van der Waals surface area contributed by atoms with Gasteiger partial charge >= 0.3 is 0 Å². The number of hydrogen-bond acceptors (Lipinski definition) is 2.